The van der Waals surface area contributed by atoms with E-state index in [1.54, 1.807) is 13.8 Å². The van der Waals surface area contributed by atoms with E-state index in [-0.39, 0.29) is 32.0 Å². The normalized spacial score (nSPS) is 12.5. The molecule has 2 aromatic rings. The average molecular weight is 479 g/mol. The number of anilines is 1. The zero-order valence-electron chi connectivity index (χ0n) is 16.7. The van der Waals surface area contributed by atoms with Gasteiger partial charge >= 0.3 is 15.5 Å². The van der Waals surface area contributed by atoms with E-state index in [0.29, 0.717) is 5.57 Å². The number of oxime groups is 1. The number of halogens is 5. The van der Waals surface area contributed by atoms with Crippen LogP contribution in [0.25, 0.3) is 0 Å². The second-order valence-corrected chi connectivity index (χ2v) is 8.94. The molecule has 0 aliphatic rings. The van der Waals surface area contributed by atoms with Gasteiger partial charge in [-0.25, -0.2) is 4.39 Å². The van der Waals surface area contributed by atoms with Crippen LogP contribution in [-0.4, -0.2) is 26.2 Å². The van der Waals surface area contributed by atoms with Gasteiger partial charge in [-0.1, -0.05) is 28.4 Å². The van der Waals surface area contributed by atoms with Crippen LogP contribution in [0.4, 0.5) is 23.2 Å². The fourth-order valence-corrected chi connectivity index (χ4v) is 3.51. The summed E-state index contributed by atoms with van der Waals surface area (Å²) in [4.78, 5) is 5.18. The Bertz CT molecular complexity index is 1090. The second-order valence-electron chi connectivity index (χ2n) is 6.65. The number of rotatable bonds is 7. The summed E-state index contributed by atoms with van der Waals surface area (Å²) in [7, 11) is -5.72. The minimum Gasteiger partial charge on any atom is -0.357 e. The molecule has 5 nitrogen and oxygen atoms in total. The van der Waals surface area contributed by atoms with Crippen molar-refractivity contribution in [1.29, 1.82) is 0 Å². The van der Waals surface area contributed by atoms with Gasteiger partial charge in [0.15, 0.2) is 5.75 Å². The van der Waals surface area contributed by atoms with Crippen LogP contribution in [0.3, 0.4) is 0 Å². The maximum Gasteiger partial charge on any atom is 0.516 e. The number of sulfonamides is 1. The molecule has 0 atom stereocenters. The van der Waals surface area contributed by atoms with Crippen LogP contribution in [0.2, 0.25) is 5.02 Å². The van der Waals surface area contributed by atoms with E-state index in [0.717, 1.165) is 18.2 Å². The summed E-state index contributed by atoms with van der Waals surface area (Å²) in [5.74, 6) is -0.314. The Kier molecular flexibility index (Phi) is 7.72. The van der Waals surface area contributed by atoms with E-state index in [2.05, 4.69) is 5.16 Å². The van der Waals surface area contributed by atoms with Crippen LogP contribution in [0, 0.1) is 5.82 Å². The van der Waals surface area contributed by atoms with E-state index in [1.165, 1.54) is 37.3 Å². The number of alkyl halides is 3. The highest BCUT2D eigenvalue weighted by Crippen LogP contribution is 2.34. The molecule has 2 rings (SSSR count). The number of nitrogens with zero attached hydrogens (tertiary/aromatic N) is 2. The van der Waals surface area contributed by atoms with E-state index in [4.69, 9.17) is 16.4 Å². The fourth-order valence-electron chi connectivity index (χ4n) is 2.40. The standard InChI is InChI=1S/C20H19ClF4N2O3S/c1-13(2)10-11-27(31(28,29)20(23,24)25)19-9-4-15(21)12-18(19)14(3)26-30-17-7-5-16(22)6-8-17/h4-10,12H,11H2,1-3H3. The predicted molar refractivity (Wildman–Crippen MR) is 112 cm³/mol. The lowest BCUT2D eigenvalue weighted by Gasteiger charge is -2.26. The first-order valence-corrected chi connectivity index (χ1v) is 10.6. The summed E-state index contributed by atoms with van der Waals surface area (Å²) in [5.41, 5.74) is -5.09. The zero-order valence-corrected chi connectivity index (χ0v) is 18.3. The maximum atomic E-state index is 13.3. The Labute approximate surface area is 182 Å². The van der Waals surface area contributed by atoms with Crippen LogP contribution in [0.15, 0.2) is 59.3 Å². The highest BCUT2D eigenvalue weighted by atomic mass is 35.5. The van der Waals surface area contributed by atoms with Gasteiger partial charge in [0.25, 0.3) is 0 Å². The van der Waals surface area contributed by atoms with Gasteiger partial charge in [-0.2, -0.15) is 21.6 Å². The molecule has 168 valence electrons. The van der Waals surface area contributed by atoms with Crippen LogP contribution in [0.1, 0.15) is 26.3 Å². The molecule has 0 amide bonds. The first-order chi connectivity index (χ1) is 14.3. The van der Waals surface area contributed by atoms with Crippen LogP contribution >= 0.6 is 11.6 Å². The third-order valence-corrected chi connectivity index (χ3v) is 5.71. The number of allylic oxidation sites excluding steroid dienone is 1. The molecule has 0 aliphatic heterocycles. The molecular formula is C20H19ClF4N2O3S. The average Bonchev–Trinajstić information content (AvgIpc) is 2.67. The second kappa shape index (κ2) is 9.69. The Morgan fingerprint density at radius 1 is 1.13 bits per heavy atom. The molecule has 0 saturated heterocycles. The SMILES string of the molecule is CC(C)=CCN(c1ccc(Cl)cc1C(C)=NOc1ccc(F)cc1)S(=O)(=O)C(F)(F)F. The molecule has 0 aromatic heterocycles. The summed E-state index contributed by atoms with van der Waals surface area (Å²) in [6.07, 6.45) is 1.35. The molecule has 0 fully saturated rings. The van der Waals surface area contributed by atoms with Gasteiger partial charge in [0.2, 0.25) is 0 Å². The van der Waals surface area contributed by atoms with Gasteiger partial charge in [0.1, 0.15) is 5.82 Å². The number of hydrogen-bond acceptors (Lipinski definition) is 4. The molecule has 31 heavy (non-hydrogen) atoms. The first kappa shape index (κ1) is 24.7. The van der Waals surface area contributed by atoms with Crippen molar-refractivity contribution in [3.05, 3.63) is 70.5 Å². The van der Waals surface area contributed by atoms with Crippen molar-refractivity contribution in [3.8, 4) is 5.75 Å². The van der Waals surface area contributed by atoms with Gasteiger partial charge in [-0.3, -0.25) is 4.31 Å². The molecule has 0 N–H and O–H groups in total. The summed E-state index contributed by atoms with van der Waals surface area (Å²) >= 11 is 5.99. The highest BCUT2D eigenvalue weighted by molar-refractivity contribution is 7.93. The third kappa shape index (κ3) is 6.20. The van der Waals surface area contributed by atoms with Crippen molar-refractivity contribution in [2.24, 2.45) is 5.16 Å². The Balaban J connectivity index is 2.56. The molecule has 0 saturated carbocycles. The molecule has 2 aromatic carbocycles. The molecule has 0 radical (unpaired) electrons. The van der Waals surface area contributed by atoms with Crippen molar-refractivity contribution < 1.29 is 30.8 Å². The molecule has 11 heteroatoms. The van der Waals surface area contributed by atoms with Crippen LogP contribution in [-0.2, 0) is 10.0 Å². The van der Waals surface area contributed by atoms with E-state index >= 15 is 0 Å². The van der Waals surface area contributed by atoms with Crippen molar-refractivity contribution in [2.45, 2.75) is 26.3 Å². The highest BCUT2D eigenvalue weighted by Gasteiger charge is 2.50. The maximum absolute atomic E-state index is 13.3. The summed E-state index contributed by atoms with van der Waals surface area (Å²) < 4.78 is 77.8. The first-order valence-electron chi connectivity index (χ1n) is 8.82. The van der Waals surface area contributed by atoms with Gasteiger partial charge in [-0.05, 0) is 63.2 Å². The molecule has 0 bridgehead atoms. The largest absolute Gasteiger partial charge is 0.516 e. The lowest BCUT2D eigenvalue weighted by molar-refractivity contribution is -0.0437. The molecular weight excluding hydrogens is 460 g/mol. The third-order valence-electron chi connectivity index (χ3n) is 3.97. The van der Waals surface area contributed by atoms with Gasteiger partial charge < -0.3 is 4.84 Å². The quantitative estimate of drug-likeness (QED) is 0.215. The summed E-state index contributed by atoms with van der Waals surface area (Å²) in [5, 5.41) is 3.99. The number of hydrogen-bond donors (Lipinski definition) is 0. The lowest BCUT2D eigenvalue weighted by atomic mass is 10.1. The molecule has 0 heterocycles. The monoisotopic (exact) mass is 478 g/mol. The molecule has 0 aliphatic carbocycles. The Hall–Kier alpha value is -2.59. The molecule has 0 unspecified atom stereocenters. The van der Waals surface area contributed by atoms with Crippen molar-refractivity contribution in [3.63, 3.8) is 0 Å². The summed E-state index contributed by atoms with van der Waals surface area (Å²) in [6.45, 7) is 4.12. The predicted octanol–water partition coefficient (Wildman–Crippen LogP) is 5.90. The smallest absolute Gasteiger partial charge is 0.357 e. The van der Waals surface area contributed by atoms with Crippen molar-refractivity contribution in [2.75, 3.05) is 10.8 Å². The van der Waals surface area contributed by atoms with Crippen LogP contribution in [0.5, 0.6) is 5.75 Å². The van der Waals surface area contributed by atoms with Crippen molar-refractivity contribution >= 4 is 33.0 Å². The zero-order chi connectivity index (χ0) is 23.4. The van der Waals surface area contributed by atoms with E-state index in [9.17, 15) is 26.0 Å². The fraction of sp³-hybridized carbons (Fsp3) is 0.250. The van der Waals surface area contributed by atoms with Gasteiger partial charge in [0.05, 0.1) is 17.9 Å². The van der Waals surface area contributed by atoms with Gasteiger partial charge in [0, 0.05) is 10.6 Å². The van der Waals surface area contributed by atoms with Crippen molar-refractivity contribution in [1.82, 2.24) is 0 Å². The Morgan fingerprint density at radius 3 is 2.29 bits per heavy atom. The van der Waals surface area contributed by atoms with E-state index < -0.39 is 27.9 Å². The summed E-state index contributed by atoms with van der Waals surface area (Å²) in [6, 6.07) is 8.61. The minimum atomic E-state index is -5.72. The molecule has 0 spiro atoms. The van der Waals surface area contributed by atoms with E-state index in [1.807, 2.05) is 0 Å². The van der Waals surface area contributed by atoms with Crippen LogP contribution < -0.4 is 9.14 Å². The minimum absolute atomic E-state index is 0.0181. The number of benzene rings is 2. The topological polar surface area (TPSA) is 59.0 Å². The van der Waals surface area contributed by atoms with Gasteiger partial charge in [-0.15, -0.1) is 0 Å². The Morgan fingerprint density at radius 2 is 1.74 bits per heavy atom. The lowest BCUT2D eigenvalue weighted by Crippen LogP contribution is -2.41.